The monoisotopic (exact) mass is 486 g/mol. The fraction of sp³-hybridized carbons (Fsp3) is 0.130. The molecule has 0 spiro atoms. The zero-order valence-corrected chi connectivity index (χ0v) is 19.4. The number of aromatic nitrogens is 1. The third-order valence-corrected chi connectivity index (χ3v) is 10.2. The van der Waals surface area contributed by atoms with Crippen molar-refractivity contribution >= 4 is 48.4 Å². The highest BCUT2D eigenvalue weighted by Crippen LogP contribution is 2.47. The molecule has 1 N–H and O–H groups in total. The number of anilines is 1. The number of nitrogens with zero attached hydrogens (tertiary/aromatic N) is 1. The third-order valence-electron chi connectivity index (χ3n) is 5.70. The van der Waals surface area contributed by atoms with E-state index in [2.05, 4.69) is 4.98 Å². The number of benzene rings is 3. The van der Waals surface area contributed by atoms with Crippen LogP contribution in [0, 0.1) is 6.92 Å². The van der Waals surface area contributed by atoms with Gasteiger partial charge in [0.15, 0.2) is 0 Å². The molecule has 0 saturated carbocycles. The minimum atomic E-state index is -4.38. The van der Waals surface area contributed by atoms with Crippen LogP contribution in [-0.4, -0.2) is 27.6 Å². The standard InChI is InChI=1S/C23H19ClN2O4S2/c1-15-10-12-16(13-11-15)32(29,30)26-23-22(18-7-3-5-9-21(18)25-23)19(14-31(26,27)28)17-6-2-4-8-20(17)24/h2-13,19,25H,14H2,1H3. The summed E-state index contributed by atoms with van der Waals surface area (Å²) < 4.78 is 54.7. The van der Waals surface area contributed by atoms with Gasteiger partial charge in [-0.05, 0) is 36.8 Å². The topological polar surface area (TPSA) is 87.3 Å². The Morgan fingerprint density at radius 3 is 2.34 bits per heavy atom. The van der Waals surface area contributed by atoms with E-state index in [0.29, 0.717) is 25.4 Å². The fourth-order valence-corrected chi connectivity index (χ4v) is 8.51. The van der Waals surface area contributed by atoms with Gasteiger partial charge in [0.1, 0.15) is 5.82 Å². The molecule has 1 aliphatic rings. The summed E-state index contributed by atoms with van der Waals surface area (Å²) in [4.78, 5) is 2.96. The lowest BCUT2D eigenvalue weighted by atomic mass is 9.91. The molecule has 4 aromatic rings. The second kappa shape index (κ2) is 7.37. The van der Waals surface area contributed by atoms with Crippen LogP contribution in [0.15, 0.2) is 77.7 Å². The molecule has 5 rings (SSSR count). The second-order valence-corrected chi connectivity index (χ2v) is 12.1. The highest BCUT2D eigenvalue weighted by Gasteiger charge is 2.46. The first-order chi connectivity index (χ1) is 15.2. The first kappa shape index (κ1) is 21.1. The van der Waals surface area contributed by atoms with Gasteiger partial charge in [-0.15, -0.1) is 3.71 Å². The molecule has 0 aliphatic carbocycles. The Morgan fingerprint density at radius 2 is 1.62 bits per heavy atom. The molecule has 0 saturated heterocycles. The molecule has 3 aromatic carbocycles. The minimum Gasteiger partial charge on any atom is -0.339 e. The summed E-state index contributed by atoms with van der Waals surface area (Å²) in [5, 5.41) is 1.19. The number of halogens is 1. The van der Waals surface area contributed by atoms with E-state index >= 15 is 0 Å². The van der Waals surface area contributed by atoms with Gasteiger partial charge in [-0.2, -0.15) is 8.42 Å². The van der Waals surface area contributed by atoms with E-state index in [-0.39, 0.29) is 10.7 Å². The third kappa shape index (κ3) is 3.21. The molecule has 0 amide bonds. The number of para-hydroxylation sites is 1. The van der Waals surface area contributed by atoms with Crippen molar-refractivity contribution in [2.45, 2.75) is 17.7 Å². The largest absolute Gasteiger partial charge is 0.339 e. The van der Waals surface area contributed by atoms with Gasteiger partial charge in [-0.3, -0.25) is 0 Å². The van der Waals surface area contributed by atoms with Gasteiger partial charge >= 0.3 is 0 Å². The smallest absolute Gasteiger partial charge is 0.278 e. The Balaban J connectivity index is 1.82. The van der Waals surface area contributed by atoms with Gasteiger partial charge in [0, 0.05) is 27.4 Å². The van der Waals surface area contributed by atoms with Crippen LogP contribution in [-0.2, 0) is 20.0 Å². The molecule has 1 aliphatic heterocycles. The number of fused-ring (bicyclic) bond motifs is 3. The first-order valence-electron chi connectivity index (χ1n) is 9.90. The van der Waals surface area contributed by atoms with Crippen molar-refractivity contribution in [3.05, 3.63) is 94.5 Å². The van der Waals surface area contributed by atoms with Gasteiger partial charge in [0.05, 0.1) is 10.6 Å². The maximum atomic E-state index is 13.6. The lowest BCUT2D eigenvalue weighted by Gasteiger charge is -2.32. The summed E-state index contributed by atoms with van der Waals surface area (Å²) in [5.41, 5.74) is 2.75. The predicted molar refractivity (Wildman–Crippen MR) is 126 cm³/mol. The number of hydrogen-bond donors (Lipinski definition) is 1. The quantitative estimate of drug-likeness (QED) is 0.450. The lowest BCUT2D eigenvalue weighted by molar-refractivity contribution is 0.579. The molecule has 9 heteroatoms. The van der Waals surface area contributed by atoms with Gasteiger partial charge in [-0.1, -0.05) is 65.7 Å². The van der Waals surface area contributed by atoms with Crippen molar-refractivity contribution in [3.8, 4) is 0 Å². The summed E-state index contributed by atoms with van der Waals surface area (Å²) in [6.45, 7) is 1.83. The maximum absolute atomic E-state index is 13.6. The molecule has 2 heterocycles. The summed E-state index contributed by atoms with van der Waals surface area (Å²) in [5.74, 6) is -1.01. The van der Waals surface area contributed by atoms with Crippen LogP contribution in [0.2, 0.25) is 5.02 Å². The van der Waals surface area contributed by atoms with Crippen molar-refractivity contribution in [2.24, 2.45) is 0 Å². The van der Waals surface area contributed by atoms with Crippen LogP contribution < -0.4 is 3.71 Å². The van der Waals surface area contributed by atoms with E-state index in [1.807, 2.05) is 25.1 Å². The molecule has 1 unspecified atom stereocenters. The molecular formula is C23H19ClN2O4S2. The van der Waals surface area contributed by atoms with E-state index in [9.17, 15) is 16.8 Å². The Morgan fingerprint density at radius 1 is 0.969 bits per heavy atom. The average Bonchev–Trinajstić information content (AvgIpc) is 3.11. The molecule has 6 nitrogen and oxygen atoms in total. The summed E-state index contributed by atoms with van der Waals surface area (Å²) in [7, 11) is -8.64. The van der Waals surface area contributed by atoms with Crippen LogP contribution in [0.3, 0.4) is 0 Å². The highest BCUT2D eigenvalue weighted by molar-refractivity contribution is 8.10. The average molecular weight is 487 g/mol. The number of aryl methyl sites for hydroxylation is 1. The zero-order chi connectivity index (χ0) is 22.7. The molecule has 1 aromatic heterocycles. The predicted octanol–water partition coefficient (Wildman–Crippen LogP) is 4.80. The summed E-state index contributed by atoms with van der Waals surface area (Å²) in [6.07, 6.45) is 0. The van der Waals surface area contributed by atoms with Crippen molar-refractivity contribution in [1.82, 2.24) is 4.98 Å². The number of hydrogen-bond acceptors (Lipinski definition) is 4. The van der Waals surface area contributed by atoms with Crippen LogP contribution in [0.1, 0.15) is 22.6 Å². The van der Waals surface area contributed by atoms with Crippen molar-refractivity contribution < 1.29 is 16.8 Å². The van der Waals surface area contributed by atoms with Crippen molar-refractivity contribution in [2.75, 3.05) is 9.46 Å². The lowest BCUT2D eigenvalue weighted by Crippen LogP contribution is -2.43. The van der Waals surface area contributed by atoms with E-state index in [0.717, 1.165) is 10.9 Å². The van der Waals surface area contributed by atoms with E-state index in [1.165, 1.54) is 12.1 Å². The number of aromatic amines is 1. The molecule has 1 atom stereocenters. The second-order valence-electron chi connectivity index (χ2n) is 7.80. The fourth-order valence-electron chi connectivity index (χ4n) is 4.23. The van der Waals surface area contributed by atoms with Gasteiger partial charge in [0.2, 0.25) is 0 Å². The Labute approximate surface area is 191 Å². The van der Waals surface area contributed by atoms with Gasteiger partial charge in [-0.25, -0.2) is 8.42 Å². The molecule has 0 bridgehead atoms. The van der Waals surface area contributed by atoms with E-state index in [1.54, 1.807) is 42.5 Å². The number of sulfonamides is 2. The van der Waals surface area contributed by atoms with Gasteiger partial charge in [0.25, 0.3) is 20.0 Å². The Kier molecular flexibility index (Phi) is 4.85. The molecule has 164 valence electrons. The highest BCUT2D eigenvalue weighted by atomic mass is 35.5. The van der Waals surface area contributed by atoms with Crippen LogP contribution in [0.5, 0.6) is 0 Å². The number of nitrogens with one attached hydrogen (secondary N) is 1. The Hall–Kier alpha value is -2.81. The van der Waals surface area contributed by atoms with Gasteiger partial charge < -0.3 is 4.98 Å². The van der Waals surface area contributed by atoms with E-state index in [4.69, 9.17) is 11.6 Å². The van der Waals surface area contributed by atoms with Crippen molar-refractivity contribution in [3.63, 3.8) is 0 Å². The maximum Gasteiger partial charge on any atom is 0.278 e. The normalized spacial score (nSPS) is 17.9. The SMILES string of the molecule is Cc1ccc(S(=O)(=O)N2c3[nH]c4ccccc4c3C(c3ccccc3Cl)CS2(=O)=O)cc1. The summed E-state index contributed by atoms with van der Waals surface area (Å²) in [6, 6.07) is 20.4. The first-order valence-corrected chi connectivity index (χ1v) is 13.3. The molecular weight excluding hydrogens is 468 g/mol. The zero-order valence-electron chi connectivity index (χ0n) is 17.0. The van der Waals surface area contributed by atoms with E-state index < -0.39 is 31.7 Å². The summed E-state index contributed by atoms with van der Waals surface area (Å²) >= 11 is 6.44. The van der Waals surface area contributed by atoms with Crippen molar-refractivity contribution in [1.29, 1.82) is 0 Å². The Bertz CT molecular complexity index is 1560. The molecule has 0 fully saturated rings. The van der Waals surface area contributed by atoms with Crippen LogP contribution in [0.4, 0.5) is 5.82 Å². The minimum absolute atomic E-state index is 0.0305. The number of H-pyrrole nitrogens is 1. The van der Waals surface area contributed by atoms with Crippen LogP contribution in [0.25, 0.3) is 10.9 Å². The van der Waals surface area contributed by atoms with Crippen LogP contribution >= 0.6 is 11.6 Å². The molecule has 32 heavy (non-hydrogen) atoms. The molecule has 0 radical (unpaired) electrons. The number of rotatable bonds is 3.